The standard InChI is InChI=1S/C12H16F2N4S/c1-4-15-12-16-10(18(3)6-9(13)14)8-5-7(2)19-11(8)17-12/h5,9H,4,6H2,1-3H3,(H,15,16,17). The van der Waals surface area contributed by atoms with Crippen molar-refractivity contribution in [3.05, 3.63) is 10.9 Å². The highest BCUT2D eigenvalue weighted by atomic mass is 32.1. The summed E-state index contributed by atoms with van der Waals surface area (Å²) in [7, 11) is 1.62. The summed E-state index contributed by atoms with van der Waals surface area (Å²) in [6.45, 7) is 4.26. The van der Waals surface area contributed by atoms with E-state index in [1.54, 1.807) is 7.05 Å². The Kier molecular flexibility index (Phi) is 4.14. The van der Waals surface area contributed by atoms with Crippen LogP contribution in [-0.2, 0) is 0 Å². The van der Waals surface area contributed by atoms with Crippen LogP contribution in [0.2, 0.25) is 0 Å². The fourth-order valence-electron chi connectivity index (χ4n) is 1.85. The van der Waals surface area contributed by atoms with Crippen molar-refractivity contribution < 1.29 is 8.78 Å². The number of rotatable bonds is 5. The van der Waals surface area contributed by atoms with Gasteiger partial charge >= 0.3 is 0 Å². The Balaban J connectivity index is 2.49. The molecule has 0 saturated heterocycles. The monoisotopic (exact) mass is 286 g/mol. The minimum atomic E-state index is -2.39. The largest absolute Gasteiger partial charge is 0.354 e. The number of nitrogens with one attached hydrogen (secondary N) is 1. The zero-order valence-electron chi connectivity index (χ0n) is 11.1. The Labute approximate surface area is 114 Å². The van der Waals surface area contributed by atoms with E-state index < -0.39 is 6.43 Å². The molecular formula is C12H16F2N4S. The van der Waals surface area contributed by atoms with Gasteiger partial charge in [0, 0.05) is 18.5 Å². The zero-order valence-corrected chi connectivity index (χ0v) is 11.9. The van der Waals surface area contributed by atoms with Crippen molar-refractivity contribution in [1.29, 1.82) is 0 Å². The summed E-state index contributed by atoms with van der Waals surface area (Å²) in [5, 5.41) is 3.85. The molecule has 0 bridgehead atoms. The van der Waals surface area contributed by atoms with Gasteiger partial charge < -0.3 is 10.2 Å². The van der Waals surface area contributed by atoms with Crippen LogP contribution in [0.5, 0.6) is 0 Å². The molecule has 7 heteroatoms. The van der Waals surface area contributed by atoms with Crippen LogP contribution in [0.25, 0.3) is 10.2 Å². The van der Waals surface area contributed by atoms with Crippen molar-refractivity contribution in [3.63, 3.8) is 0 Å². The number of aryl methyl sites for hydroxylation is 1. The second-order valence-corrected chi connectivity index (χ2v) is 5.48. The smallest absolute Gasteiger partial charge is 0.255 e. The van der Waals surface area contributed by atoms with Crippen molar-refractivity contribution in [2.75, 3.05) is 30.4 Å². The van der Waals surface area contributed by atoms with E-state index in [1.165, 1.54) is 16.2 Å². The summed E-state index contributed by atoms with van der Waals surface area (Å²) in [5.74, 6) is 1.03. The number of nitrogens with zero attached hydrogens (tertiary/aromatic N) is 3. The minimum absolute atomic E-state index is 0.341. The molecule has 2 aromatic heterocycles. The molecular weight excluding hydrogens is 270 g/mol. The Morgan fingerprint density at radius 1 is 1.42 bits per heavy atom. The van der Waals surface area contributed by atoms with Crippen LogP contribution < -0.4 is 10.2 Å². The van der Waals surface area contributed by atoms with Crippen LogP contribution >= 0.6 is 11.3 Å². The molecule has 104 valence electrons. The molecule has 0 atom stereocenters. The fraction of sp³-hybridized carbons (Fsp3) is 0.500. The zero-order chi connectivity index (χ0) is 14.0. The highest BCUT2D eigenvalue weighted by Crippen LogP contribution is 2.31. The Morgan fingerprint density at radius 3 is 2.79 bits per heavy atom. The van der Waals surface area contributed by atoms with Gasteiger partial charge in [-0.25, -0.2) is 13.8 Å². The molecule has 2 heterocycles. The predicted octanol–water partition coefficient (Wildman–Crippen LogP) is 3.13. The van der Waals surface area contributed by atoms with Gasteiger partial charge in [0.15, 0.2) is 0 Å². The van der Waals surface area contributed by atoms with Crippen LogP contribution in [0, 0.1) is 6.92 Å². The topological polar surface area (TPSA) is 41.1 Å². The van der Waals surface area contributed by atoms with E-state index in [2.05, 4.69) is 15.3 Å². The molecule has 2 aromatic rings. The number of thiophene rings is 1. The van der Waals surface area contributed by atoms with Crippen LogP contribution in [-0.4, -0.2) is 36.5 Å². The summed E-state index contributed by atoms with van der Waals surface area (Å²) in [5.41, 5.74) is 0. The average Bonchev–Trinajstić information content (AvgIpc) is 2.67. The van der Waals surface area contributed by atoms with Crippen molar-refractivity contribution in [1.82, 2.24) is 9.97 Å². The molecule has 0 aromatic carbocycles. The van der Waals surface area contributed by atoms with E-state index in [4.69, 9.17) is 0 Å². The highest BCUT2D eigenvalue weighted by Gasteiger charge is 2.16. The van der Waals surface area contributed by atoms with Gasteiger partial charge in [-0.1, -0.05) is 0 Å². The summed E-state index contributed by atoms with van der Waals surface area (Å²) >= 11 is 1.54. The van der Waals surface area contributed by atoms with Crippen molar-refractivity contribution in [2.24, 2.45) is 0 Å². The lowest BCUT2D eigenvalue weighted by atomic mass is 10.3. The molecule has 4 nitrogen and oxygen atoms in total. The molecule has 1 N–H and O–H groups in total. The van der Waals surface area contributed by atoms with Crippen LogP contribution in [0.15, 0.2) is 6.07 Å². The molecule has 0 aliphatic heterocycles. The molecule has 0 fully saturated rings. The summed E-state index contributed by atoms with van der Waals surface area (Å²) in [4.78, 5) is 12.1. The molecule has 0 aliphatic carbocycles. The molecule has 0 saturated carbocycles. The first-order valence-electron chi connectivity index (χ1n) is 6.02. The van der Waals surface area contributed by atoms with Crippen LogP contribution in [0.3, 0.4) is 0 Å². The average molecular weight is 286 g/mol. The molecule has 19 heavy (non-hydrogen) atoms. The van der Waals surface area contributed by atoms with Gasteiger partial charge in [0.25, 0.3) is 6.43 Å². The number of halogens is 2. The lowest BCUT2D eigenvalue weighted by Gasteiger charge is -2.19. The van der Waals surface area contributed by atoms with Gasteiger partial charge in [0.05, 0.1) is 11.9 Å². The number of hydrogen-bond donors (Lipinski definition) is 1. The molecule has 0 radical (unpaired) electrons. The van der Waals surface area contributed by atoms with E-state index in [9.17, 15) is 8.78 Å². The normalized spacial score (nSPS) is 11.3. The predicted molar refractivity (Wildman–Crippen MR) is 75.6 cm³/mol. The Bertz CT molecular complexity index is 570. The Hall–Kier alpha value is -1.50. The quantitative estimate of drug-likeness (QED) is 0.917. The fourth-order valence-corrected chi connectivity index (χ4v) is 2.72. The number of alkyl halides is 2. The van der Waals surface area contributed by atoms with Crippen molar-refractivity contribution in [2.45, 2.75) is 20.3 Å². The van der Waals surface area contributed by atoms with Gasteiger partial charge in [-0.15, -0.1) is 11.3 Å². The SMILES string of the molecule is CCNc1nc(N(C)CC(F)F)c2cc(C)sc2n1. The first-order chi connectivity index (χ1) is 9.01. The second kappa shape index (κ2) is 5.64. The van der Waals surface area contributed by atoms with Crippen LogP contribution in [0.4, 0.5) is 20.5 Å². The maximum atomic E-state index is 12.5. The molecule has 0 amide bonds. The number of hydrogen-bond acceptors (Lipinski definition) is 5. The van der Waals surface area contributed by atoms with E-state index in [0.717, 1.165) is 15.1 Å². The van der Waals surface area contributed by atoms with Gasteiger partial charge in [-0.2, -0.15) is 4.98 Å². The molecule has 0 aliphatic rings. The molecule has 0 spiro atoms. The number of anilines is 2. The third-order valence-corrected chi connectivity index (χ3v) is 3.55. The van der Waals surface area contributed by atoms with Crippen LogP contribution in [0.1, 0.15) is 11.8 Å². The van der Waals surface area contributed by atoms with E-state index >= 15 is 0 Å². The third kappa shape index (κ3) is 3.09. The van der Waals surface area contributed by atoms with Crippen molar-refractivity contribution >= 4 is 33.3 Å². The molecule has 0 unspecified atom stereocenters. The van der Waals surface area contributed by atoms with E-state index in [-0.39, 0.29) is 6.54 Å². The Morgan fingerprint density at radius 2 is 2.16 bits per heavy atom. The third-order valence-electron chi connectivity index (χ3n) is 2.60. The maximum Gasteiger partial charge on any atom is 0.255 e. The lowest BCUT2D eigenvalue weighted by molar-refractivity contribution is 0.156. The number of fused-ring (bicyclic) bond motifs is 1. The summed E-state index contributed by atoms with van der Waals surface area (Å²) < 4.78 is 25.1. The van der Waals surface area contributed by atoms with Gasteiger partial charge in [0.1, 0.15) is 10.6 Å². The first kappa shape index (κ1) is 13.9. The second-order valence-electron chi connectivity index (χ2n) is 4.25. The van der Waals surface area contributed by atoms with Gasteiger partial charge in [-0.05, 0) is 19.9 Å². The summed E-state index contributed by atoms with van der Waals surface area (Å²) in [6.07, 6.45) is -2.39. The van der Waals surface area contributed by atoms with Crippen molar-refractivity contribution in [3.8, 4) is 0 Å². The van der Waals surface area contributed by atoms with Gasteiger partial charge in [-0.3, -0.25) is 0 Å². The van der Waals surface area contributed by atoms with Gasteiger partial charge in [0.2, 0.25) is 5.95 Å². The molecule has 2 rings (SSSR count). The summed E-state index contributed by atoms with van der Waals surface area (Å²) in [6, 6.07) is 1.94. The van der Waals surface area contributed by atoms with E-state index in [1.807, 2.05) is 19.9 Å². The minimum Gasteiger partial charge on any atom is -0.354 e. The number of aromatic nitrogens is 2. The highest BCUT2D eigenvalue weighted by molar-refractivity contribution is 7.18. The lowest BCUT2D eigenvalue weighted by Crippen LogP contribution is -2.25. The first-order valence-corrected chi connectivity index (χ1v) is 6.84. The maximum absolute atomic E-state index is 12.5. The van der Waals surface area contributed by atoms with E-state index in [0.29, 0.717) is 18.3 Å².